The fraction of sp³-hybridized carbons (Fsp3) is 0.143. The van der Waals surface area contributed by atoms with Crippen molar-refractivity contribution in [3.05, 3.63) is 50.8 Å². The Morgan fingerprint density at radius 1 is 1.39 bits per heavy atom. The molecule has 0 unspecified atom stereocenters. The zero-order valence-corrected chi connectivity index (χ0v) is 10.8. The average Bonchev–Trinajstić information content (AvgIpc) is 2.32. The molecule has 1 aromatic heterocycles. The first-order valence-electron chi connectivity index (χ1n) is 5.50. The molecule has 2 aromatic rings. The molecule has 0 bridgehead atoms. The molecule has 0 saturated heterocycles. The van der Waals surface area contributed by atoms with Crippen LogP contribution in [0, 0.1) is 6.92 Å². The lowest BCUT2D eigenvalue weighted by Crippen LogP contribution is -2.09. The van der Waals surface area contributed by atoms with Gasteiger partial charge in [-0.15, -0.1) is 0 Å². The molecule has 0 radical (unpaired) electrons. The molecule has 2 rings (SSSR count). The predicted octanol–water partition coefficient (Wildman–Crippen LogP) is 3.09. The van der Waals surface area contributed by atoms with Crippen LogP contribution in [0.2, 0.25) is 5.02 Å². The van der Waals surface area contributed by atoms with E-state index in [0.29, 0.717) is 27.2 Å². The third kappa shape index (κ3) is 2.36. The van der Waals surface area contributed by atoms with Crippen LogP contribution in [0.5, 0.6) is 0 Å². The van der Waals surface area contributed by atoms with Gasteiger partial charge >= 0.3 is 0 Å². The van der Waals surface area contributed by atoms with E-state index < -0.39 is 0 Å². The monoisotopic (exact) mass is 261 g/mol. The molecular formula is C14H12ClNO2. The number of halogens is 1. The highest BCUT2D eigenvalue weighted by Gasteiger charge is 2.06. The third-order valence-electron chi connectivity index (χ3n) is 2.72. The summed E-state index contributed by atoms with van der Waals surface area (Å²) in [6.45, 7) is 3.18. The second-order valence-corrected chi connectivity index (χ2v) is 4.56. The number of aromatic nitrogens is 1. The Morgan fingerprint density at radius 3 is 2.78 bits per heavy atom. The number of rotatable bonds is 2. The van der Waals surface area contributed by atoms with Gasteiger partial charge in [-0.3, -0.25) is 9.59 Å². The van der Waals surface area contributed by atoms with Crippen LogP contribution in [0.15, 0.2) is 29.1 Å². The predicted molar refractivity (Wildman–Crippen MR) is 74.0 cm³/mol. The van der Waals surface area contributed by atoms with E-state index in [2.05, 4.69) is 4.98 Å². The van der Waals surface area contributed by atoms with Gasteiger partial charge in [0.05, 0.1) is 0 Å². The first kappa shape index (κ1) is 12.6. The first-order valence-corrected chi connectivity index (χ1v) is 5.87. The fourth-order valence-electron chi connectivity index (χ4n) is 1.74. The molecule has 1 N–H and O–H groups in total. The Kier molecular flexibility index (Phi) is 3.34. The largest absolute Gasteiger partial charge is 0.355 e. The number of H-pyrrole nitrogens is 1. The van der Waals surface area contributed by atoms with Gasteiger partial charge in [-0.25, -0.2) is 0 Å². The summed E-state index contributed by atoms with van der Waals surface area (Å²) in [5, 5.41) is 1.08. The Balaban J connectivity index is 2.72. The van der Waals surface area contributed by atoms with Crippen LogP contribution in [0.25, 0.3) is 17.0 Å². The molecule has 0 aliphatic rings. The van der Waals surface area contributed by atoms with Crippen molar-refractivity contribution in [2.45, 2.75) is 13.8 Å². The number of carbonyl (C=O) groups excluding carboxylic acids is 1. The summed E-state index contributed by atoms with van der Waals surface area (Å²) >= 11 is 5.87. The summed E-state index contributed by atoms with van der Waals surface area (Å²) in [5.74, 6) is -0.0635. The lowest BCUT2D eigenvalue weighted by Gasteiger charge is -2.04. The molecule has 0 fully saturated rings. The Labute approximate surface area is 109 Å². The zero-order valence-electron chi connectivity index (χ0n) is 10.1. The summed E-state index contributed by atoms with van der Waals surface area (Å²) in [6, 6.07) is 5.11. The maximum absolute atomic E-state index is 12.1. The molecule has 18 heavy (non-hydrogen) atoms. The highest BCUT2D eigenvalue weighted by atomic mass is 35.5. The van der Waals surface area contributed by atoms with Crippen molar-refractivity contribution in [3.8, 4) is 0 Å². The summed E-state index contributed by atoms with van der Waals surface area (Å²) in [6.07, 6.45) is 3.05. The van der Waals surface area contributed by atoms with Gasteiger partial charge in [0.2, 0.25) is 0 Å². The minimum Gasteiger partial charge on any atom is -0.355 e. The standard InChI is InChI=1S/C14H12ClNO2/c1-8(17)3-5-12-9(2)14(18)11-7-10(15)4-6-13(11)16-12/h3-7H,1-2H3,(H,16,18). The topological polar surface area (TPSA) is 49.9 Å². The zero-order chi connectivity index (χ0) is 13.3. The van der Waals surface area contributed by atoms with Crippen LogP contribution in [-0.2, 0) is 4.79 Å². The van der Waals surface area contributed by atoms with Crippen molar-refractivity contribution in [1.29, 1.82) is 0 Å². The number of fused-ring (bicyclic) bond motifs is 1. The first-order chi connectivity index (χ1) is 8.49. The molecule has 3 nitrogen and oxygen atoms in total. The maximum atomic E-state index is 12.1. The van der Waals surface area contributed by atoms with Crippen molar-refractivity contribution in [2.24, 2.45) is 0 Å². The molecule has 1 aromatic carbocycles. The van der Waals surface area contributed by atoms with Crippen LogP contribution in [-0.4, -0.2) is 10.8 Å². The maximum Gasteiger partial charge on any atom is 0.192 e. The van der Waals surface area contributed by atoms with Crippen LogP contribution in [0.1, 0.15) is 18.2 Å². The smallest absolute Gasteiger partial charge is 0.192 e. The van der Waals surface area contributed by atoms with Crippen molar-refractivity contribution < 1.29 is 4.79 Å². The van der Waals surface area contributed by atoms with E-state index >= 15 is 0 Å². The van der Waals surface area contributed by atoms with Crippen molar-refractivity contribution in [3.63, 3.8) is 0 Å². The Morgan fingerprint density at radius 2 is 2.11 bits per heavy atom. The third-order valence-corrected chi connectivity index (χ3v) is 2.96. The fourth-order valence-corrected chi connectivity index (χ4v) is 1.92. The quantitative estimate of drug-likeness (QED) is 0.845. The molecule has 1 heterocycles. The average molecular weight is 262 g/mol. The molecule has 0 amide bonds. The number of nitrogens with one attached hydrogen (secondary N) is 1. The second kappa shape index (κ2) is 4.78. The number of hydrogen-bond donors (Lipinski definition) is 1. The number of hydrogen-bond acceptors (Lipinski definition) is 2. The number of benzene rings is 1. The lowest BCUT2D eigenvalue weighted by molar-refractivity contribution is -0.112. The molecule has 92 valence electrons. The highest BCUT2D eigenvalue weighted by molar-refractivity contribution is 6.31. The molecule has 0 atom stereocenters. The lowest BCUT2D eigenvalue weighted by atomic mass is 10.1. The molecule has 0 spiro atoms. The summed E-state index contributed by atoms with van der Waals surface area (Å²) in [4.78, 5) is 26.2. The number of ketones is 1. The van der Waals surface area contributed by atoms with Gasteiger partial charge in [0, 0.05) is 27.2 Å². The van der Waals surface area contributed by atoms with E-state index in [1.54, 1.807) is 31.2 Å². The van der Waals surface area contributed by atoms with Crippen LogP contribution in [0.3, 0.4) is 0 Å². The second-order valence-electron chi connectivity index (χ2n) is 4.13. The van der Waals surface area contributed by atoms with Gasteiger partial charge in [-0.05, 0) is 44.2 Å². The van der Waals surface area contributed by atoms with Crippen molar-refractivity contribution in [1.82, 2.24) is 4.98 Å². The van der Waals surface area contributed by atoms with E-state index in [9.17, 15) is 9.59 Å². The molecule has 0 saturated carbocycles. The number of carbonyl (C=O) groups is 1. The summed E-state index contributed by atoms with van der Waals surface area (Å²) in [5.41, 5.74) is 1.85. The van der Waals surface area contributed by atoms with E-state index in [0.717, 1.165) is 0 Å². The molecule has 0 aliphatic carbocycles. The summed E-state index contributed by atoms with van der Waals surface area (Å²) < 4.78 is 0. The number of pyridine rings is 1. The van der Waals surface area contributed by atoms with Gasteiger partial charge in [0.25, 0.3) is 0 Å². The van der Waals surface area contributed by atoms with Crippen LogP contribution >= 0.6 is 11.6 Å². The van der Waals surface area contributed by atoms with E-state index in [1.165, 1.54) is 13.0 Å². The van der Waals surface area contributed by atoms with Crippen LogP contribution in [0.4, 0.5) is 0 Å². The SMILES string of the molecule is CC(=O)C=Cc1[nH]c2ccc(Cl)cc2c(=O)c1C. The minimum atomic E-state index is -0.0746. The van der Waals surface area contributed by atoms with Gasteiger partial charge in [-0.2, -0.15) is 0 Å². The molecule has 0 aliphatic heterocycles. The van der Waals surface area contributed by atoms with Crippen molar-refractivity contribution in [2.75, 3.05) is 0 Å². The highest BCUT2D eigenvalue weighted by Crippen LogP contribution is 2.17. The number of allylic oxidation sites excluding steroid dienone is 1. The number of aromatic amines is 1. The van der Waals surface area contributed by atoms with Gasteiger partial charge < -0.3 is 4.98 Å². The molecular weight excluding hydrogens is 250 g/mol. The van der Waals surface area contributed by atoms with E-state index in [-0.39, 0.29) is 11.2 Å². The van der Waals surface area contributed by atoms with Crippen molar-refractivity contribution >= 4 is 34.4 Å². The van der Waals surface area contributed by atoms with Gasteiger partial charge in [0.1, 0.15) is 0 Å². The Bertz CT molecular complexity index is 714. The molecule has 4 heteroatoms. The Hall–Kier alpha value is -1.87. The summed E-state index contributed by atoms with van der Waals surface area (Å²) in [7, 11) is 0. The van der Waals surface area contributed by atoms with E-state index in [4.69, 9.17) is 11.6 Å². The van der Waals surface area contributed by atoms with E-state index in [1.807, 2.05) is 0 Å². The minimum absolute atomic E-state index is 0.0635. The van der Waals surface area contributed by atoms with Gasteiger partial charge in [-0.1, -0.05) is 11.6 Å². The van der Waals surface area contributed by atoms with Crippen LogP contribution < -0.4 is 5.43 Å². The normalized spacial score (nSPS) is 11.3. The van der Waals surface area contributed by atoms with Gasteiger partial charge in [0.15, 0.2) is 11.2 Å².